The molecule has 0 bridgehead atoms. The summed E-state index contributed by atoms with van der Waals surface area (Å²) in [6.07, 6.45) is 9.69. The normalized spacial score (nSPS) is 22.5. The highest BCUT2D eigenvalue weighted by molar-refractivity contribution is 5.79. The zero-order valence-electron chi connectivity index (χ0n) is 19.2. The van der Waals surface area contributed by atoms with Crippen LogP contribution in [0, 0.1) is 17.2 Å². The molecule has 2 aliphatic rings. The van der Waals surface area contributed by atoms with Gasteiger partial charge in [-0.1, -0.05) is 0 Å². The Morgan fingerprint density at radius 1 is 1.06 bits per heavy atom. The van der Waals surface area contributed by atoms with Gasteiger partial charge in [-0.25, -0.2) is 18.9 Å². The Hall–Kier alpha value is -3.06. The van der Waals surface area contributed by atoms with Crippen molar-refractivity contribution < 1.29 is 4.39 Å². The lowest BCUT2D eigenvalue weighted by Gasteiger charge is -2.37. The van der Waals surface area contributed by atoms with Gasteiger partial charge in [-0.15, -0.1) is 0 Å². The van der Waals surface area contributed by atoms with Gasteiger partial charge < -0.3 is 9.47 Å². The third kappa shape index (κ3) is 3.64. The molecule has 6 nitrogen and oxygen atoms in total. The lowest BCUT2D eigenvalue weighted by molar-refractivity contribution is 0.131. The standard InChI is InChI=1S/C26H29FN6/c1-31(2)14-18-9-11-26(12-10-18)13-23-30-24(19-3-6-21(27)7-4-19)25(32(23)16-26)20-5-8-22-28-17-29-33(22)15-20/h3-8,15,17-18H,9-14,16H2,1-2H3. The molecule has 1 fully saturated rings. The minimum absolute atomic E-state index is 0.232. The van der Waals surface area contributed by atoms with Crippen molar-refractivity contribution in [2.45, 2.75) is 38.6 Å². The molecule has 0 radical (unpaired) electrons. The quantitative estimate of drug-likeness (QED) is 0.458. The monoisotopic (exact) mass is 444 g/mol. The molecular weight excluding hydrogens is 415 g/mol. The van der Waals surface area contributed by atoms with Crippen LogP contribution in [-0.4, -0.2) is 49.7 Å². The first-order valence-corrected chi connectivity index (χ1v) is 11.8. The average Bonchev–Trinajstić information content (AvgIpc) is 3.48. The SMILES string of the molecule is CN(C)CC1CCC2(CC1)Cc1nc(-c3ccc(F)cc3)c(-c3ccc4ncnn4c3)n1C2. The van der Waals surface area contributed by atoms with Crippen molar-refractivity contribution in [3.8, 4) is 22.5 Å². The van der Waals surface area contributed by atoms with E-state index in [1.54, 1.807) is 10.8 Å². The maximum Gasteiger partial charge on any atom is 0.155 e. The van der Waals surface area contributed by atoms with Gasteiger partial charge >= 0.3 is 0 Å². The van der Waals surface area contributed by atoms with Crippen LogP contribution in [0.1, 0.15) is 31.5 Å². The number of aromatic nitrogens is 5. The Balaban J connectivity index is 1.39. The van der Waals surface area contributed by atoms with Crippen molar-refractivity contribution in [3.63, 3.8) is 0 Å². The van der Waals surface area contributed by atoms with Crippen LogP contribution in [0.3, 0.4) is 0 Å². The van der Waals surface area contributed by atoms with Crippen LogP contribution < -0.4 is 0 Å². The zero-order valence-corrected chi connectivity index (χ0v) is 19.2. The van der Waals surface area contributed by atoms with Gasteiger partial charge in [0.1, 0.15) is 18.0 Å². The number of hydrogen-bond acceptors (Lipinski definition) is 4. The van der Waals surface area contributed by atoms with Gasteiger partial charge in [0.25, 0.3) is 0 Å². The molecule has 0 amide bonds. The Morgan fingerprint density at radius 2 is 1.82 bits per heavy atom. The summed E-state index contributed by atoms with van der Waals surface area (Å²) in [5.74, 6) is 1.71. The molecular formula is C26H29FN6. The second-order valence-electron chi connectivity index (χ2n) is 10.2. The van der Waals surface area contributed by atoms with E-state index in [0.717, 1.165) is 52.9 Å². The summed E-state index contributed by atoms with van der Waals surface area (Å²) < 4.78 is 17.9. The molecule has 0 unspecified atom stereocenters. The highest BCUT2D eigenvalue weighted by Gasteiger charge is 2.43. The predicted molar refractivity (Wildman–Crippen MR) is 126 cm³/mol. The molecule has 33 heavy (non-hydrogen) atoms. The van der Waals surface area contributed by atoms with Crippen molar-refractivity contribution in [2.24, 2.45) is 11.3 Å². The molecule has 4 heterocycles. The number of pyridine rings is 1. The third-order valence-electron chi connectivity index (χ3n) is 7.53. The summed E-state index contributed by atoms with van der Waals surface area (Å²) in [7, 11) is 4.34. The Morgan fingerprint density at radius 3 is 2.58 bits per heavy atom. The highest BCUT2D eigenvalue weighted by atomic mass is 19.1. The van der Waals surface area contributed by atoms with Crippen LogP contribution in [0.4, 0.5) is 4.39 Å². The predicted octanol–water partition coefficient (Wildman–Crippen LogP) is 4.69. The van der Waals surface area contributed by atoms with Gasteiger partial charge in [-0.05, 0) is 87.5 Å². The zero-order chi connectivity index (χ0) is 22.6. The van der Waals surface area contributed by atoms with Gasteiger partial charge in [-0.3, -0.25) is 0 Å². The molecule has 7 heteroatoms. The smallest absolute Gasteiger partial charge is 0.155 e. The lowest BCUT2D eigenvalue weighted by atomic mass is 9.69. The summed E-state index contributed by atoms with van der Waals surface area (Å²) in [6, 6.07) is 10.8. The number of fused-ring (bicyclic) bond motifs is 2. The molecule has 1 aliphatic heterocycles. The lowest BCUT2D eigenvalue weighted by Crippen LogP contribution is -2.33. The minimum atomic E-state index is -0.232. The van der Waals surface area contributed by atoms with Crippen LogP contribution >= 0.6 is 0 Å². The summed E-state index contributed by atoms with van der Waals surface area (Å²) in [6.45, 7) is 2.18. The first-order valence-electron chi connectivity index (χ1n) is 11.8. The number of benzene rings is 1. The maximum atomic E-state index is 13.6. The van der Waals surface area contributed by atoms with E-state index < -0.39 is 0 Å². The molecule has 0 saturated heterocycles. The summed E-state index contributed by atoms with van der Waals surface area (Å²) in [5, 5.41) is 4.33. The van der Waals surface area contributed by atoms with E-state index >= 15 is 0 Å². The average molecular weight is 445 g/mol. The first-order chi connectivity index (χ1) is 16.0. The number of rotatable bonds is 4. The third-order valence-corrected chi connectivity index (χ3v) is 7.53. The van der Waals surface area contributed by atoms with E-state index in [-0.39, 0.29) is 5.82 Å². The second kappa shape index (κ2) is 7.76. The van der Waals surface area contributed by atoms with Crippen LogP contribution in [0.2, 0.25) is 0 Å². The molecule has 0 N–H and O–H groups in total. The number of halogens is 1. The van der Waals surface area contributed by atoms with Crippen molar-refractivity contribution in [1.82, 2.24) is 29.0 Å². The second-order valence-corrected chi connectivity index (χ2v) is 10.2. The fourth-order valence-electron chi connectivity index (χ4n) is 5.91. The van der Waals surface area contributed by atoms with Gasteiger partial charge in [0.05, 0.1) is 11.4 Å². The molecule has 4 aromatic rings. The van der Waals surface area contributed by atoms with Crippen molar-refractivity contribution in [3.05, 3.63) is 60.6 Å². The number of imidazole rings is 1. The minimum Gasteiger partial charge on any atom is -0.327 e. The van der Waals surface area contributed by atoms with E-state index in [4.69, 9.17) is 4.98 Å². The fraction of sp³-hybridized carbons (Fsp3) is 0.423. The molecule has 1 aliphatic carbocycles. The van der Waals surface area contributed by atoms with Crippen molar-refractivity contribution in [1.29, 1.82) is 0 Å². The summed E-state index contributed by atoms with van der Waals surface area (Å²) in [4.78, 5) is 11.7. The Labute approximate surface area is 193 Å². The van der Waals surface area contributed by atoms with Crippen LogP contribution in [0.15, 0.2) is 48.9 Å². The molecule has 1 aromatic carbocycles. The topological polar surface area (TPSA) is 51.3 Å². The van der Waals surface area contributed by atoms with Crippen LogP contribution in [-0.2, 0) is 13.0 Å². The van der Waals surface area contributed by atoms with Crippen LogP contribution in [0.5, 0.6) is 0 Å². The van der Waals surface area contributed by atoms with Crippen LogP contribution in [0.25, 0.3) is 28.2 Å². The fourth-order valence-corrected chi connectivity index (χ4v) is 5.91. The van der Waals surface area contributed by atoms with E-state index in [1.165, 1.54) is 44.4 Å². The molecule has 170 valence electrons. The number of hydrogen-bond donors (Lipinski definition) is 0. The van der Waals surface area contributed by atoms with Gasteiger partial charge in [-0.2, -0.15) is 5.10 Å². The Kier molecular flexibility index (Phi) is 4.83. The Bertz CT molecular complexity index is 1290. The molecule has 6 rings (SSSR count). The molecule has 1 spiro atoms. The summed E-state index contributed by atoms with van der Waals surface area (Å²) >= 11 is 0. The molecule has 3 aromatic heterocycles. The van der Waals surface area contributed by atoms with E-state index in [9.17, 15) is 4.39 Å². The largest absolute Gasteiger partial charge is 0.327 e. The highest BCUT2D eigenvalue weighted by Crippen LogP contribution is 2.49. The molecule has 1 saturated carbocycles. The van der Waals surface area contributed by atoms with E-state index in [1.807, 2.05) is 24.4 Å². The van der Waals surface area contributed by atoms with E-state index in [0.29, 0.717) is 5.41 Å². The first kappa shape index (κ1) is 20.5. The van der Waals surface area contributed by atoms with E-state index in [2.05, 4.69) is 39.7 Å². The van der Waals surface area contributed by atoms with Crippen molar-refractivity contribution >= 4 is 5.65 Å². The van der Waals surface area contributed by atoms with Gasteiger partial charge in [0.2, 0.25) is 0 Å². The maximum absolute atomic E-state index is 13.6. The molecule has 0 atom stereocenters. The van der Waals surface area contributed by atoms with Gasteiger partial charge in [0.15, 0.2) is 5.65 Å². The summed E-state index contributed by atoms with van der Waals surface area (Å²) in [5.41, 5.74) is 5.14. The van der Waals surface area contributed by atoms with Gasteiger partial charge in [0, 0.05) is 36.8 Å². The number of nitrogens with zero attached hydrogens (tertiary/aromatic N) is 6. The van der Waals surface area contributed by atoms with Crippen molar-refractivity contribution in [2.75, 3.05) is 20.6 Å².